The highest BCUT2D eigenvalue weighted by Crippen LogP contribution is 2.23. The van der Waals surface area contributed by atoms with Gasteiger partial charge in [-0.15, -0.1) is 0 Å². The van der Waals surface area contributed by atoms with Gasteiger partial charge < -0.3 is 14.3 Å². The predicted molar refractivity (Wildman–Crippen MR) is 111 cm³/mol. The maximum absolute atomic E-state index is 13.0. The molecule has 9 heteroatoms. The maximum atomic E-state index is 13.0. The molecule has 8 nitrogen and oxygen atoms in total. The van der Waals surface area contributed by atoms with Crippen LogP contribution in [0.4, 0.5) is 4.79 Å². The lowest BCUT2D eigenvalue weighted by molar-refractivity contribution is -0.124. The average Bonchev–Trinajstić information content (AvgIpc) is 3.22. The van der Waals surface area contributed by atoms with Gasteiger partial charge >= 0.3 is 6.03 Å². The molecule has 3 heterocycles. The summed E-state index contributed by atoms with van der Waals surface area (Å²) >= 11 is 0. The first-order valence-corrected chi connectivity index (χ1v) is 12.0. The normalized spacial score (nSPS) is 21.4. The van der Waals surface area contributed by atoms with Gasteiger partial charge in [0.1, 0.15) is 11.5 Å². The zero-order valence-electron chi connectivity index (χ0n) is 16.7. The summed E-state index contributed by atoms with van der Waals surface area (Å²) in [6, 6.07) is 10.6. The van der Waals surface area contributed by atoms with Gasteiger partial charge in [-0.3, -0.25) is 4.79 Å². The molecule has 2 aromatic rings. The zero-order chi connectivity index (χ0) is 21.1. The minimum absolute atomic E-state index is 0.0223. The van der Waals surface area contributed by atoms with Gasteiger partial charge in [0.25, 0.3) is 0 Å². The summed E-state index contributed by atoms with van der Waals surface area (Å²) in [4.78, 5) is 29.2. The number of aromatic nitrogens is 1. The number of ketones is 1. The number of piperidine rings is 1. The number of urea groups is 1. The van der Waals surface area contributed by atoms with Crippen LogP contribution < -0.4 is 0 Å². The van der Waals surface area contributed by atoms with Crippen LogP contribution >= 0.6 is 0 Å². The SMILES string of the molecule is O=C(Cc1cc(-c2ccccc2)no1)[C@@H]1CCCCN1C(=O)N1CCS(=O)(=O)CC1. The average molecular weight is 432 g/mol. The van der Waals surface area contributed by atoms with Crippen molar-refractivity contribution in [1.82, 2.24) is 15.0 Å². The molecular formula is C21H25N3O5S. The molecule has 2 saturated heterocycles. The monoisotopic (exact) mass is 431 g/mol. The Bertz CT molecular complexity index is 1000. The summed E-state index contributed by atoms with van der Waals surface area (Å²) in [5.74, 6) is 0.348. The van der Waals surface area contributed by atoms with Crippen LogP contribution in [-0.4, -0.2) is 72.4 Å². The number of carbonyl (C=O) groups is 2. The number of hydrogen-bond donors (Lipinski definition) is 0. The molecule has 4 rings (SSSR count). The Morgan fingerprint density at radius 3 is 2.53 bits per heavy atom. The van der Waals surface area contributed by atoms with E-state index in [0.29, 0.717) is 24.4 Å². The first-order valence-electron chi connectivity index (χ1n) is 10.2. The van der Waals surface area contributed by atoms with Crippen molar-refractivity contribution < 1.29 is 22.5 Å². The molecule has 1 atom stereocenters. The van der Waals surface area contributed by atoms with Crippen LogP contribution in [0.3, 0.4) is 0 Å². The highest BCUT2D eigenvalue weighted by atomic mass is 32.2. The number of Topliss-reactive ketones (excluding diaryl/α,β-unsaturated/α-hetero) is 1. The van der Waals surface area contributed by atoms with E-state index in [1.54, 1.807) is 15.9 Å². The van der Waals surface area contributed by atoms with Crippen molar-refractivity contribution in [3.05, 3.63) is 42.2 Å². The molecule has 160 valence electrons. The van der Waals surface area contributed by atoms with Crippen molar-refractivity contribution in [3.8, 4) is 11.3 Å². The minimum Gasteiger partial charge on any atom is -0.360 e. The molecule has 30 heavy (non-hydrogen) atoms. The van der Waals surface area contributed by atoms with Crippen molar-refractivity contribution in [3.63, 3.8) is 0 Å². The zero-order valence-corrected chi connectivity index (χ0v) is 17.5. The molecule has 0 radical (unpaired) electrons. The van der Waals surface area contributed by atoms with Gasteiger partial charge in [0, 0.05) is 31.3 Å². The molecule has 0 saturated carbocycles. The Labute approximate surface area is 175 Å². The number of likely N-dealkylation sites (tertiary alicyclic amines) is 1. The summed E-state index contributed by atoms with van der Waals surface area (Å²) in [5.41, 5.74) is 1.58. The van der Waals surface area contributed by atoms with Crippen molar-refractivity contribution in [2.45, 2.75) is 31.7 Å². The van der Waals surface area contributed by atoms with E-state index in [1.165, 1.54) is 0 Å². The van der Waals surface area contributed by atoms with E-state index in [2.05, 4.69) is 5.16 Å². The number of sulfone groups is 1. The number of hydrogen-bond acceptors (Lipinski definition) is 6. The van der Waals surface area contributed by atoms with Crippen molar-refractivity contribution in [2.75, 3.05) is 31.1 Å². The van der Waals surface area contributed by atoms with Gasteiger partial charge in [-0.25, -0.2) is 13.2 Å². The first-order chi connectivity index (χ1) is 14.4. The Hall–Kier alpha value is -2.68. The molecule has 2 aliphatic rings. The van der Waals surface area contributed by atoms with E-state index in [-0.39, 0.29) is 42.8 Å². The van der Waals surface area contributed by atoms with E-state index < -0.39 is 15.9 Å². The standard InChI is InChI=1S/C21H25N3O5S/c25-20(15-17-14-18(22-29-17)16-6-2-1-3-7-16)19-8-4-5-9-24(19)21(26)23-10-12-30(27,28)13-11-23/h1-3,6-7,14,19H,4-5,8-13,15H2/t19-/m0/s1. The van der Waals surface area contributed by atoms with Crippen LogP contribution in [0.1, 0.15) is 25.0 Å². The summed E-state index contributed by atoms with van der Waals surface area (Å²) in [7, 11) is -3.07. The van der Waals surface area contributed by atoms with Gasteiger partial charge in [-0.05, 0) is 19.3 Å². The van der Waals surface area contributed by atoms with Crippen LogP contribution in [0.5, 0.6) is 0 Å². The van der Waals surface area contributed by atoms with Crippen molar-refractivity contribution in [2.24, 2.45) is 0 Å². The van der Waals surface area contributed by atoms with Crippen molar-refractivity contribution in [1.29, 1.82) is 0 Å². The number of nitrogens with zero attached hydrogens (tertiary/aromatic N) is 3. The fraction of sp³-hybridized carbons (Fsp3) is 0.476. The van der Waals surface area contributed by atoms with Gasteiger partial charge in [0.15, 0.2) is 15.6 Å². The van der Waals surface area contributed by atoms with Gasteiger partial charge in [0.2, 0.25) is 0 Å². The lowest BCUT2D eigenvalue weighted by Gasteiger charge is -2.39. The number of amides is 2. The maximum Gasteiger partial charge on any atom is 0.320 e. The second-order valence-corrected chi connectivity index (χ2v) is 10.1. The summed E-state index contributed by atoms with van der Waals surface area (Å²) in [6.07, 6.45) is 2.39. The van der Waals surface area contributed by atoms with Gasteiger partial charge in [-0.2, -0.15) is 0 Å². The van der Waals surface area contributed by atoms with Crippen LogP contribution in [0.25, 0.3) is 11.3 Å². The van der Waals surface area contributed by atoms with Crippen LogP contribution in [-0.2, 0) is 21.1 Å². The largest absolute Gasteiger partial charge is 0.360 e. The fourth-order valence-electron chi connectivity index (χ4n) is 4.01. The van der Waals surface area contributed by atoms with E-state index >= 15 is 0 Å². The molecule has 0 spiro atoms. The summed E-state index contributed by atoms with van der Waals surface area (Å²) in [6.45, 7) is 0.867. The highest BCUT2D eigenvalue weighted by Gasteiger charge is 2.36. The third kappa shape index (κ3) is 4.56. The fourth-order valence-corrected chi connectivity index (χ4v) is 5.21. The van der Waals surface area contributed by atoms with Gasteiger partial charge in [-0.1, -0.05) is 35.5 Å². The molecule has 1 aromatic heterocycles. The minimum atomic E-state index is -3.07. The molecule has 0 unspecified atom stereocenters. The Morgan fingerprint density at radius 2 is 1.80 bits per heavy atom. The summed E-state index contributed by atoms with van der Waals surface area (Å²) in [5, 5.41) is 4.05. The van der Waals surface area contributed by atoms with E-state index in [0.717, 1.165) is 18.4 Å². The second kappa shape index (κ2) is 8.59. The molecular weight excluding hydrogens is 406 g/mol. The highest BCUT2D eigenvalue weighted by molar-refractivity contribution is 7.91. The molecule has 0 N–H and O–H groups in total. The first kappa shape index (κ1) is 20.6. The number of benzene rings is 1. The van der Waals surface area contributed by atoms with E-state index in [1.807, 2.05) is 30.3 Å². The molecule has 2 fully saturated rings. The summed E-state index contributed by atoms with van der Waals surface area (Å²) < 4.78 is 28.7. The number of rotatable bonds is 4. The molecule has 2 aliphatic heterocycles. The van der Waals surface area contributed by atoms with Crippen LogP contribution in [0, 0.1) is 0 Å². The van der Waals surface area contributed by atoms with Crippen LogP contribution in [0.2, 0.25) is 0 Å². The topological polar surface area (TPSA) is 101 Å². The van der Waals surface area contributed by atoms with Gasteiger partial charge in [0.05, 0.1) is 24.0 Å². The third-order valence-corrected chi connectivity index (χ3v) is 7.32. The quantitative estimate of drug-likeness (QED) is 0.735. The molecule has 1 aromatic carbocycles. The molecule has 0 bridgehead atoms. The molecule has 0 aliphatic carbocycles. The predicted octanol–water partition coefficient (Wildman–Crippen LogP) is 2.16. The lowest BCUT2D eigenvalue weighted by atomic mass is 9.96. The van der Waals surface area contributed by atoms with E-state index in [4.69, 9.17) is 4.52 Å². The van der Waals surface area contributed by atoms with E-state index in [9.17, 15) is 18.0 Å². The van der Waals surface area contributed by atoms with Crippen LogP contribution in [0.15, 0.2) is 40.9 Å². The Morgan fingerprint density at radius 1 is 1.07 bits per heavy atom. The Balaban J connectivity index is 1.43. The third-order valence-electron chi connectivity index (χ3n) is 5.71. The van der Waals surface area contributed by atoms with Crippen molar-refractivity contribution >= 4 is 21.7 Å². The number of carbonyl (C=O) groups excluding carboxylic acids is 2. The second-order valence-electron chi connectivity index (χ2n) is 7.81. The lowest BCUT2D eigenvalue weighted by Crippen LogP contribution is -2.56. The Kier molecular flexibility index (Phi) is 5.90. The molecule has 2 amide bonds. The smallest absolute Gasteiger partial charge is 0.320 e.